The standard InChI is InChI=1S/C12H23NO4/c1-9-8-16-10(7-14)5-13(9)6-11(15)17-12(2,3)4/h9-10,14H,5-8H2,1-4H3. The highest BCUT2D eigenvalue weighted by atomic mass is 16.6. The highest BCUT2D eigenvalue weighted by molar-refractivity contribution is 5.72. The maximum atomic E-state index is 11.7. The molecule has 0 amide bonds. The summed E-state index contributed by atoms with van der Waals surface area (Å²) >= 11 is 0. The lowest BCUT2D eigenvalue weighted by Crippen LogP contribution is -2.51. The quantitative estimate of drug-likeness (QED) is 0.730. The smallest absolute Gasteiger partial charge is 0.320 e. The van der Waals surface area contributed by atoms with Gasteiger partial charge < -0.3 is 14.6 Å². The van der Waals surface area contributed by atoms with Gasteiger partial charge >= 0.3 is 5.97 Å². The summed E-state index contributed by atoms with van der Waals surface area (Å²) in [6.45, 7) is 8.89. The second-order valence-electron chi connectivity index (χ2n) is 5.50. The van der Waals surface area contributed by atoms with E-state index in [9.17, 15) is 4.79 Å². The monoisotopic (exact) mass is 245 g/mol. The average Bonchev–Trinajstić information content (AvgIpc) is 2.18. The van der Waals surface area contributed by atoms with Crippen molar-refractivity contribution in [2.75, 3.05) is 26.3 Å². The molecule has 5 heteroatoms. The molecule has 1 N–H and O–H groups in total. The maximum absolute atomic E-state index is 11.7. The average molecular weight is 245 g/mol. The normalized spacial score (nSPS) is 26.9. The number of hydrogen-bond donors (Lipinski definition) is 1. The van der Waals surface area contributed by atoms with Crippen molar-refractivity contribution in [2.24, 2.45) is 0 Å². The molecule has 0 spiro atoms. The van der Waals surface area contributed by atoms with Crippen LogP contribution in [0.2, 0.25) is 0 Å². The van der Waals surface area contributed by atoms with Crippen molar-refractivity contribution in [1.82, 2.24) is 4.90 Å². The number of nitrogens with zero attached hydrogens (tertiary/aromatic N) is 1. The molecule has 2 atom stereocenters. The number of carbonyl (C=O) groups excluding carboxylic acids is 1. The minimum Gasteiger partial charge on any atom is -0.459 e. The molecule has 0 bridgehead atoms. The third-order valence-electron chi connectivity index (χ3n) is 2.59. The van der Waals surface area contributed by atoms with Crippen LogP contribution in [0.25, 0.3) is 0 Å². The number of esters is 1. The number of ether oxygens (including phenoxy) is 2. The van der Waals surface area contributed by atoms with Gasteiger partial charge in [-0.05, 0) is 27.7 Å². The van der Waals surface area contributed by atoms with Crippen molar-refractivity contribution in [3.8, 4) is 0 Å². The molecule has 1 aliphatic heterocycles. The highest BCUT2D eigenvalue weighted by Gasteiger charge is 2.28. The minimum atomic E-state index is -0.455. The van der Waals surface area contributed by atoms with E-state index in [-0.39, 0.29) is 31.3 Å². The van der Waals surface area contributed by atoms with Crippen LogP contribution < -0.4 is 0 Å². The maximum Gasteiger partial charge on any atom is 0.320 e. The third-order valence-corrected chi connectivity index (χ3v) is 2.59. The molecule has 1 heterocycles. The fourth-order valence-corrected chi connectivity index (χ4v) is 1.75. The first kappa shape index (κ1) is 14.4. The lowest BCUT2D eigenvalue weighted by atomic mass is 10.2. The van der Waals surface area contributed by atoms with Crippen LogP contribution >= 0.6 is 0 Å². The molecule has 1 aliphatic rings. The van der Waals surface area contributed by atoms with E-state index in [1.54, 1.807) is 0 Å². The van der Waals surface area contributed by atoms with Gasteiger partial charge in [-0.25, -0.2) is 0 Å². The summed E-state index contributed by atoms with van der Waals surface area (Å²) in [5.41, 5.74) is -0.455. The van der Waals surface area contributed by atoms with Crippen LogP contribution in [0.15, 0.2) is 0 Å². The Morgan fingerprint density at radius 3 is 2.71 bits per heavy atom. The Balaban J connectivity index is 2.46. The number of aliphatic hydroxyl groups is 1. The van der Waals surface area contributed by atoms with Crippen LogP contribution in [0, 0.1) is 0 Å². The van der Waals surface area contributed by atoms with Crippen LogP contribution in [0.1, 0.15) is 27.7 Å². The summed E-state index contributed by atoms with van der Waals surface area (Å²) < 4.78 is 10.7. The van der Waals surface area contributed by atoms with E-state index in [1.165, 1.54) is 0 Å². The van der Waals surface area contributed by atoms with Crippen LogP contribution in [-0.4, -0.2) is 60.0 Å². The lowest BCUT2D eigenvalue weighted by Gasteiger charge is -2.37. The zero-order valence-electron chi connectivity index (χ0n) is 11.1. The van der Waals surface area contributed by atoms with E-state index in [0.717, 1.165) is 0 Å². The van der Waals surface area contributed by atoms with Gasteiger partial charge in [-0.2, -0.15) is 0 Å². The molecule has 1 fully saturated rings. The van der Waals surface area contributed by atoms with Gasteiger partial charge in [0, 0.05) is 12.6 Å². The molecule has 2 unspecified atom stereocenters. The Labute approximate surface area is 103 Å². The molecule has 0 radical (unpaired) electrons. The van der Waals surface area contributed by atoms with E-state index in [2.05, 4.69) is 0 Å². The van der Waals surface area contributed by atoms with Crippen molar-refractivity contribution in [3.63, 3.8) is 0 Å². The summed E-state index contributed by atoms with van der Waals surface area (Å²) in [5.74, 6) is -0.233. The molecule has 1 saturated heterocycles. The first-order valence-electron chi connectivity index (χ1n) is 6.00. The van der Waals surface area contributed by atoms with Gasteiger partial charge in [0.1, 0.15) is 5.60 Å². The second-order valence-corrected chi connectivity index (χ2v) is 5.50. The number of aliphatic hydroxyl groups excluding tert-OH is 1. The number of morpholine rings is 1. The zero-order chi connectivity index (χ0) is 13.1. The molecule has 0 aromatic heterocycles. The topological polar surface area (TPSA) is 59.0 Å². The number of hydrogen-bond acceptors (Lipinski definition) is 5. The van der Waals surface area contributed by atoms with Gasteiger partial charge in [-0.1, -0.05) is 0 Å². The predicted molar refractivity (Wildman–Crippen MR) is 63.7 cm³/mol. The molecule has 0 aliphatic carbocycles. The van der Waals surface area contributed by atoms with Gasteiger partial charge in [-0.15, -0.1) is 0 Å². The number of rotatable bonds is 3. The molecule has 0 saturated carbocycles. The largest absolute Gasteiger partial charge is 0.459 e. The van der Waals surface area contributed by atoms with Gasteiger partial charge in [0.25, 0.3) is 0 Å². The fraction of sp³-hybridized carbons (Fsp3) is 0.917. The predicted octanol–water partition coefficient (Wildman–Crippen LogP) is 0.410. The van der Waals surface area contributed by atoms with Crippen LogP contribution in [-0.2, 0) is 14.3 Å². The molecule has 0 aromatic rings. The van der Waals surface area contributed by atoms with E-state index in [0.29, 0.717) is 13.2 Å². The van der Waals surface area contributed by atoms with Crippen LogP contribution in [0.3, 0.4) is 0 Å². The summed E-state index contributed by atoms with van der Waals surface area (Å²) in [6, 6.07) is 0.172. The summed E-state index contributed by atoms with van der Waals surface area (Å²) in [7, 11) is 0. The Kier molecular flexibility index (Phi) is 4.91. The second kappa shape index (κ2) is 5.80. The van der Waals surface area contributed by atoms with Crippen molar-refractivity contribution < 1.29 is 19.4 Å². The molecule has 100 valence electrons. The van der Waals surface area contributed by atoms with Crippen LogP contribution in [0.5, 0.6) is 0 Å². The van der Waals surface area contributed by atoms with E-state index >= 15 is 0 Å². The summed E-state index contributed by atoms with van der Waals surface area (Å²) in [5, 5.41) is 9.05. The highest BCUT2D eigenvalue weighted by Crippen LogP contribution is 2.13. The molecule has 1 rings (SSSR count). The number of carbonyl (C=O) groups is 1. The van der Waals surface area contributed by atoms with Crippen LogP contribution in [0.4, 0.5) is 0 Å². The molecule has 5 nitrogen and oxygen atoms in total. The van der Waals surface area contributed by atoms with Gasteiger partial charge in [0.15, 0.2) is 0 Å². The first-order chi connectivity index (χ1) is 7.81. The molecular weight excluding hydrogens is 222 g/mol. The van der Waals surface area contributed by atoms with Crippen molar-refractivity contribution in [2.45, 2.75) is 45.4 Å². The Morgan fingerprint density at radius 2 is 2.18 bits per heavy atom. The molecule has 17 heavy (non-hydrogen) atoms. The lowest BCUT2D eigenvalue weighted by molar-refractivity contribution is -0.160. The fourth-order valence-electron chi connectivity index (χ4n) is 1.75. The van der Waals surface area contributed by atoms with Crippen molar-refractivity contribution in [3.05, 3.63) is 0 Å². The summed E-state index contributed by atoms with van der Waals surface area (Å²) in [4.78, 5) is 13.7. The van der Waals surface area contributed by atoms with E-state index < -0.39 is 5.60 Å². The molecular formula is C12H23NO4. The van der Waals surface area contributed by atoms with Crippen molar-refractivity contribution in [1.29, 1.82) is 0 Å². The Morgan fingerprint density at radius 1 is 1.53 bits per heavy atom. The SMILES string of the molecule is CC1COC(CO)CN1CC(=O)OC(C)(C)C. The van der Waals surface area contributed by atoms with E-state index in [4.69, 9.17) is 14.6 Å². The first-order valence-corrected chi connectivity index (χ1v) is 6.00. The Bertz CT molecular complexity index is 262. The third kappa shape index (κ3) is 5.02. The van der Waals surface area contributed by atoms with E-state index in [1.807, 2.05) is 32.6 Å². The van der Waals surface area contributed by atoms with Gasteiger partial charge in [-0.3, -0.25) is 9.69 Å². The van der Waals surface area contributed by atoms with Gasteiger partial charge in [0.2, 0.25) is 0 Å². The minimum absolute atomic E-state index is 0.0163. The zero-order valence-corrected chi connectivity index (χ0v) is 11.1. The molecule has 0 aromatic carbocycles. The summed E-state index contributed by atoms with van der Waals surface area (Å²) in [6.07, 6.45) is -0.200. The Hall–Kier alpha value is -0.650. The van der Waals surface area contributed by atoms with Crippen molar-refractivity contribution >= 4 is 5.97 Å². The van der Waals surface area contributed by atoms with Gasteiger partial charge in [0.05, 0.1) is 25.9 Å².